The lowest BCUT2D eigenvalue weighted by molar-refractivity contribution is -0.200. The molecule has 0 aliphatic carbocycles. The summed E-state index contributed by atoms with van der Waals surface area (Å²) in [5.74, 6) is -2.95. The van der Waals surface area contributed by atoms with Crippen molar-refractivity contribution in [2.45, 2.75) is 6.18 Å². The number of hydrogen-bond acceptors (Lipinski definition) is 4. The van der Waals surface area contributed by atoms with E-state index in [1.807, 2.05) is 0 Å². The van der Waals surface area contributed by atoms with Crippen LogP contribution in [0.5, 0.6) is 0 Å². The van der Waals surface area contributed by atoms with Crippen LogP contribution in [0.4, 0.5) is 13.2 Å². The molecule has 0 aromatic rings. The van der Waals surface area contributed by atoms with Crippen LogP contribution in [0.2, 0.25) is 0 Å². The minimum atomic E-state index is -5.05. The van der Waals surface area contributed by atoms with E-state index in [1.54, 1.807) is 0 Å². The third kappa shape index (κ3) is 3.69. The van der Waals surface area contributed by atoms with Gasteiger partial charge in [-0.3, -0.25) is 4.79 Å². The largest absolute Gasteiger partial charge is 0.490 e. The molecule has 0 radical (unpaired) electrons. The number of alkyl halides is 3. The topological polar surface area (TPSA) is 58.6 Å². The molecular formula is C8H11F3N2O3. The molecule has 1 aliphatic heterocycles. The molecule has 1 rings (SSSR count). The van der Waals surface area contributed by atoms with E-state index in [1.165, 1.54) is 4.90 Å². The number of piperazine rings is 1. The van der Waals surface area contributed by atoms with E-state index in [-0.39, 0.29) is 0 Å². The highest BCUT2D eigenvalue weighted by Crippen LogP contribution is 2.16. The second-order valence-corrected chi connectivity index (χ2v) is 3.20. The van der Waals surface area contributed by atoms with Crippen LogP contribution in [0.1, 0.15) is 0 Å². The summed E-state index contributed by atoms with van der Waals surface area (Å²) in [4.78, 5) is 23.0. The van der Waals surface area contributed by atoms with Crippen LogP contribution in [0.3, 0.4) is 0 Å². The summed E-state index contributed by atoms with van der Waals surface area (Å²) >= 11 is 0. The van der Waals surface area contributed by atoms with Crippen LogP contribution in [-0.2, 0) is 14.3 Å². The number of carbonyl (C=O) groups excluding carboxylic acids is 2. The lowest BCUT2D eigenvalue weighted by Crippen LogP contribution is -2.48. The van der Waals surface area contributed by atoms with Crippen LogP contribution in [0.25, 0.3) is 0 Å². The monoisotopic (exact) mass is 240 g/mol. The minimum Gasteiger partial charge on any atom is -0.449 e. The lowest BCUT2D eigenvalue weighted by Gasteiger charge is -2.27. The second-order valence-electron chi connectivity index (χ2n) is 3.20. The van der Waals surface area contributed by atoms with Gasteiger partial charge in [0, 0.05) is 26.2 Å². The quantitative estimate of drug-likeness (QED) is 0.662. The van der Waals surface area contributed by atoms with E-state index in [9.17, 15) is 22.8 Å². The van der Waals surface area contributed by atoms with Crippen molar-refractivity contribution in [2.24, 2.45) is 0 Å². The Kier molecular flexibility index (Phi) is 4.11. The second kappa shape index (κ2) is 5.15. The van der Waals surface area contributed by atoms with Crippen molar-refractivity contribution < 1.29 is 27.5 Å². The summed E-state index contributed by atoms with van der Waals surface area (Å²) in [6.45, 7) is 1.11. The smallest absolute Gasteiger partial charge is 0.449 e. The normalized spacial score (nSPS) is 17.1. The number of rotatable bonds is 2. The molecule has 0 bridgehead atoms. The van der Waals surface area contributed by atoms with Crippen LogP contribution in [-0.4, -0.2) is 55.7 Å². The number of amides is 1. The van der Waals surface area contributed by atoms with E-state index in [4.69, 9.17) is 0 Å². The average molecular weight is 240 g/mol. The molecular weight excluding hydrogens is 229 g/mol. The van der Waals surface area contributed by atoms with Crippen molar-refractivity contribution in [2.75, 3.05) is 32.8 Å². The van der Waals surface area contributed by atoms with Crippen LogP contribution in [0, 0.1) is 0 Å². The summed E-state index contributed by atoms with van der Waals surface area (Å²) in [7, 11) is 0. The zero-order valence-corrected chi connectivity index (χ0v) is 8.34. The first-order valence-corrected chi connectivity index (χ1v) is 4.63. The maximum absolute atomic E-state index is 11.7. The highest BCUT2D eigenvalue weighted by molar-refractivity contribution is 5.82. The number of esters is 1. The number of nitrogens with one attached hydrogen (secondary N) is 1. The molecule has 1 fully saturated rings. The Bertz CT molecular complexity index is 274. The fourth-order valence-electron chi connectivity index (χ4n) is 1.21. The molecule has 1 heterocycles. The van der Waals surface area contributed by atoms with Crippen molar-refractivity contribution >= 4 is 11.9 Å². The minimum absolute atomic E-state index is 0.405. The average Bonchev–Trinajstić information content (AvgIpc) is 2.25. The Morgan fingerprint density at radius 3 is 2.31 bits per heavy atom. The number of ether oxygens (including phenoxy) is 1. The van der Waals surface area contributed by atoms with Gasteiger partial charge in [-0.25, -0.2) is 4.79 Å². The Labute approximate surface area is 89.5 Å². The molecule has 5 nitrogen and oxygen atoms in total. The number of nitrogens with zero attached hydrogens (tertiary/aromatic N) is 1. The van der Waals surface area contributed by atoms with Gasteiger partial charge in [0.1, 0.15) is 0 Å². The van der Waals surface area contributed by atoms with Crippen molar-refractivity contribution in [3.8, 4) is 0 Å². The van der Waals surface area contributed by atoms with Gasteiger partial charge in [-0.15, -0.1) is 0 Å². The first kappa shape index (κ1) is 12.8. The van der Waals surface area contributed by atoms with Crippen molar-refractivity contribution in [1.82, 2.24) is 10.2 Å². The predicted molar refractivity (Wildman–Crippen MR) is 46.5 cm³/mol. The van der Waals surface area contributed by atoms with Crippen molar-refractivity contribution in [1.29, 1.82) is 0 Å². The Morgan fingerprint density at radius 2 is 1.81 bits per heavy atom. The number of carbonyl (C=O) groups is 2. The Morgan fingerprint density at radius 1 is 1.25 bits per heavy atom. The molecule has 1 N–H and O–H groups in total. The van der Waals surface area contributed by atoms with Crippen molar-refractivity contribution in [3.63, 3.8) is 0 Å². The third-order valence-corrected chi connectivity index (χ3v) is 2.03. The fourth-order valence-corrected chi connectivity index (χ4v) is 1.21. The fraction of sp³-hybridized carbons (Fsp3) is 0.750. The van der Waals surface area contributed by atoms with Gasteiger partial charge >= 0.3 is 12.1 Å². The van der Waals surface area contributed by atoms with Gasteiger partial charge in [0.2, 0.25) is 0 Å². The molecule has 0 saturated carbocycles. The molecule has 8 heteroatoms. The summed E-state index contributed by atoms with van der Waals surface area (Å²) in [5, 5.41) is 2.98. The molecule has 92 valence electrons. The Balaban J connectivity index is 2.32. The highest BCUT2D eigenvalue weighted by atomic mass is 19.4. The first-order chi connectivity index (χ1) is 7.41. The molecule has 1 saturated heterocycles. The summed E-state index contributed by atoms with van der Waals surface area (Å²) in [5.41, 5.74) is 0. The molecule has 0 aromatic carbocycles. The van der Waals surface area contributed by atoms with Crippen LogP contribution >= 0.6 is 0 Å². The first-order valence-electron chi connectivity index (χ1n) is 4.63. The summed E-state index contributed by atoms with van der Waals surface area (Å²) in [6, 6.07) is 0. The van der Waals surface area contributed by atoms with E-state index >= 15 is 0 Å². The molecule has 0 unspecified atom stereocenters. The van der Waals surface area contributed by atoms with Gasteiger partial charge in [-0.2, -0.15) is 13.2 Å². The lowest BCUT2D eigenvalue weighted by atomic mass is 10.3. The standard InChI is InChI=1S/C8H11F3N2O3/c9-8(10,11)7(15)16-5-6(14)13-3-1-12-2-4-13/h12H,1-5H2. The van der Waals surface area contributed by atoms with Gasteiger partial charge in [0.15, 0.2) is 6.61 Å². The predicted octanol–water partition coefficient (Wildman–Crippen LogP) is -0.476. The van der Waals surface area contributed by atoms with E-state index in [2.05, 4.69) is 10.1 Å². The summed E-state index contributed by atoms with van der Waals surface area (Å²) < 4.78 is 39.0. The summed E-state index contributed by atoms with van der Waals surface area (Å²) in [6.07, 6.45) is -5.05. The zero-order chi connectivity index (χ0) is 12.2. The molecule has 1 amide bonds. The van der Waals surface area contributed by atoms with Crippen molar-refractivity contribution in [3.05, 3.63) is 0 Å². The highest BCUT2D eigenvalue weighted by Gasteiger charge is 2.41. The van der Waals surface area contributed by atoms with Crippen LogP contribution in [0.15, 0.2) is 0 Å². The number of halogens is 3. The molecule has 0 atom stereocenters. The maximum atomic E-state index is 11.7. The zero-order valence-electron chi connectivity index (χ0n) is 8.34. The SMILES string of the molecule is O=C(COC(=O)C(F)(F)F)N1CCNCC1. The molecule has 0 aromatic heterocycles. The third-order valence-electron chi connectivity index (χ3n) is 2.03. The molecule has 16 heavy (non-hydrogen) atoms. The van der Waals surface area contributed by atoms with Gasteiger partial charge in [-0.05, 0) is 0 Å². The van der Waals surface area contributed by atoms with E-state index < -0.39 is 24.7 Å². The Hall–Kier alpha value is -1.31. The van der Waals surface area contributed by atoms with Gasteiger partial charge in [0.05, 0.1) is 0 Å². The van der Waals surface area contributed by atoms with E-state index in [0.29, 0.717) is 26.2 Å². The number of hydrogen-bond donors (Lipinski definition) is 1. The van der Waals surface area contributed by atoms with Gasteiger partial charge in [-0.1, -0.05) is 0 Å². The van der Waals surface area contributed by atoms with Gasteiger partial charge in [0.25, 0.3) is 5.91 Å². The van der Waals surface area contributed by atoms with Gasteiger partial charge < -0.3 is 15.0 Å². The van der Waals surface area contributed by atoms with E-state index in [0.717, 1.165) is 0 Å². The molecule has 1 aliphatic rings. The maximum Gasteiger partial charge on any atom is 0.490 e. The van der Waals surface area contributed by atoms with Crippen LogP contribution < -0.4 is 5.32 Å². The molecule has 0 spiro atoms.